The Morgan fingerprint density at radius 1 is 1.50 bits per heavy atom. The Kier molecular flexibility index (Phi) is 3.49. The van der Waals surface area contributed by atoms with E-state index in [0.717, 1.165) is 5.56 Å². The maximum Gasteiger partial charge on any atom is 0.335 e. The Morgan fingerprint density at radius 3 is 2.60 bits per heavy atom. The molecule has 0 aromatic heterocycles. The van der Waals surface area contributed by atoms with Crippen molar-refractivity contribution in [1.82, 2.24) is 0 Å². The van der Waals surface area contributed by atoms with Gasteiger partial charge in [0.25, 0.3) is 0 Å². The fraction of sp³-hybridized carbons (Fsp3) is 0.333. The first-order chi connectivity index (χ1) is 9.43. The normalized spacial score (nSPS) is 25.4. The summed E-state index contributed by atoms with van der Waals surface area (Å²) in [5.74, 6) is -1.16. The molecule has 4 nitrogen and oxygen atoms in total. The number of nitriles is 1. The average molecular weight is 274 g/mol. The Morgan fingerprint density at radius 2 is 2.10 bits per heavy atom. The van der Waals surface area contributed by atoms with Crippen molar-refractivity contribution in [1.29, 1.82) is 5.26 Å². The van der Waals surface area contributed by atoms with Crippen LogP contribution in [0.4, 0.5) is 4.39 Å². The van der Waals surface area contributed by atoms with Gasteiger partial charge in [-0.05, 0) is 31.0 Å². The minimum Gasteiger partial charge on any atom is -0.466 e. The second-order valence-corrected chi connectivity index (χ2v) is 5.01. The fourth-order valence-electron chi connectivity index (χ4n) is 2.62. The number of methoxy groups -OCH3 is 1. The van der Waals surface area contributed by atoms with Crippen LogP contribution in [0, 0.1) is 22.6 Å². The van der Waals surface area contributed by atoms with Gasteiger partial charge in [-0.3, -0.25) is 0 Å². The molecule has 0 unspecified atom stereocenters. The van der Waals surface area contributed by atoms with Crippen LogP contribution in [0.15, 0.2) is 35.5 Å². The van der Waals surface area contributed by atoms with Crippen molar-refractivity contribution >= 4 is 5.97 Å². The zero-order chi connectivity index (χ0) is 14.9. The molecule has 0 aliphatic heterocycles. The van der Waals surface area contributed by atoms with E-state index in [4.69, 9.17) is 10.5 Å². The molecule has 1 aliphatic rings. The van der Waals surface area contributed by atoms with E-state index in [-0.39, 0.29) is 17.4 Å². The zero-order valence-corrected chi connectivity index (χ0v) is 11.3. The van der Waals surface area contributed by atoms with Crippen molar-refractivity contribution in [2.24, 2.45) is 11.1 Å². The van der Waals surface area contributed by atoms with Crippen molar-refractivity contribution in [3.8, 4) is 6.07 Å². The van der Waals surface area contributed by atoms with Crippen LogP contribution in [0.1, 0.15) is 24.8 Å². The van der Waals surface area contributed by atoms with Crippen molar-refractivity contribution in [2.75, 3.05) is 7.11 Å². The Balaban J connectivity index is 2.46. The molecule has 2 atom stereocenters. The summed E-state index contributed by atoms with van der Waals surface area (Å²) in [5, 5.41) is 9.46. The van der Waals surface area contributed by atoms with Gasteiger partial charge in [0, 0.05) is 11.6 Å². The number of hydrogen-bond donors (Lipinski definition) is 1. The summed E-state index contributed by atoms with van der Waals surface area (Å²) >= 11 is 0. The molecule has 0 amide bonds. The van der Waals surface area contributed by atoms with Gasteiger partial charge in [0.05, 0.1) is 18.8 Å². The third kappa shape index (κ3) is 2.03. The van der Waals surface area contributed by atoms with E-state index in [0.29, 0.717) is 12.0 Å². The molecule has 0 saturated carbocycles. The van der Waals surface area contributed by atoms with Crippen LogP contribution < -0.4 is 5.73 Å². The second kappa shape index (κ2) is 4.97. The van der Waals surface area contributed by atoms with Gasteiger partial charge in [0.15, 0.2) is 0 Å². The van der Waals surface area contributed by atoms with Gasteiger partial charge in [-0.1, -0.05) is 12.1 Å². The Hall–Kier alpha value is -2.35. The van der Waals surface area contributed by atoms with E-state index in [1.165, 1.54) is 19.2 Å². The molecular weight excluding hydrogens is 259 g/mol. The summed E-state index contributed by atoms with van der Waals surface area (Å²) in [5.41, 5.74) is 6.32. The van der Waals surface area contributed by atoms with Gasteiger partial charge in [0.2, 0.25) is 0 Å². The molecule has 1 aromatic carbocycles. The summed E-state index contributed by atoms with van der Waals surface area (Å²) in [6.45, 7) is 1.69. The molecule has 0 fully saturated rings. The molecular formula is C15H15FN2O2. The smallest absolute Gasteiger partial charge is 0.335 e. The second-order valence-electron chi connectivity index (χ2n) is 5.01. The minimum absolute atomic E-state index is 0.237. The molecule has 104 valence electrons. The first-order valence-corrected chi connectivity index (χ1v) is 6.18. The Bertz CT molecular complexity index is 616. The largest absolute Gasteiger partial charge is 0.466 e. The lowest BCUT2D eigenvalue weighted by Crippen LogP contribution is -2.26. The van der Waals surface area contributed by atoms with Crippen molar-refractivity contribution in [3.63, 3.8) is 0 Å². The van der Waals surface area contributed by atoms with Gasteiger partial charge in [-0.25, -0.2) is 9.18 Å². The topological polar surface area (TPSA) is 76.1 Å². The van der Waals surface area contributed by atoms with Gasteiger partial charge in [-0.15, -0.1) is 0 Å². The highest BCUT2D eigenvalue weighted by Gasteiger charge is 2.47. The molecule has 0 bridgehead atoms. The molecule has 2 N–H and O–H groups in total. The maximum absolute atomic E-state index is 13.0. The molecule has 0 radical (unpaired) electrons. The minimum atomic E-state index is -0.999. The summed E-state index contributed by atoms with van der Waals surface area (Å²) in [7, 11) is 1.28. The number of nitrogens with zero attached hydrogens (tertiary/aromatic N) is 1. The Labute approximate surface area is 116 Å². The summed E-state index contributed by atoms with van der Waals surface area (Å²) in [4.78, 5) is 11.7. The number of allylic oxidation sites excluding steroid dienone is 1. The molecule has 5 heteroatoms. The number of hydrogen-bond acceptors (Lipinski definition) is 4. The fourth-order valence-corrected chi connectivity index (χ4v) is 2.62. The quantitative estimate of drug-likeness (QED) is 0.839. The third-order valence-electron chi connectivity index (χ3n) is 3.93. The van der Waals surface area contributed by atoms with E-state index < -0.39 is 11.4 Å². The first kappa shape index (κ1) is 14.1. The lowest BCUT2D eigenvalue weighted by Gasteiger charge is -2.26. The number of nitrogens with two attached hydrogens (primary N) is 1. The SMILES string of the molecule is COC(=O)C1=C(N)[C@](C)(C#N)[C@@H](c2ccc(F)cc2)C1. The van der Waals surface area contributed by atoms with E-state index >= 15 is 0 Å². The summed E-state index contributed by atoms with van der Waals surface area (Å²) in [6, 6.07) is 8.07. The number of esters is 1. The molecule has 1 aliphatic carbocycles. The molecule has 0 spiro atoms. The first-order valence-electron chi connectivity index (χ1n) is 6.18. The lowest BCUT2D eigenvalue weighted by atomic mass is 9.76. The summed E-state index contributed by atoms with van der Waals surface area (Å²) < 4.78 is 17.7. The van der Waals surface area contributed by atoms with E-state index in [9.17, 15) is 14.4 Å². The van der Waals surface area contributed by atoms with E-state index in [2.05, 4.69) is 6.07 Å². The van der Waals surface area contributed by atoms with Crippen molar-refractivity contribution in [2.45, 2.75) is 19.3 Å². The number of ether oxygens (including phenoxy) is 1. The third-order valence-corrected chi connectivity index (χ3v) is 3.93. The van der Waals surface area contributed by atoms with Crippen LogP contribution >= 0.6 is 0 Å². The van der Waals surface area contributed by atoms with Crippen molar-refractivity contribution < 1.29 is 13.9 Å². The van der Waals surface area contributed by atoms with E-state index in [1.807, 2.05) is 0 Å². The van der Waals surface area contributed by atoms with E-state index in [1.54, 1.807) is 19.1 Å². The summed E-state index contributed by atoms with van der Waals surface area (Å²) in [6.07, 6.45) is 0.314. The predicted octanol–water partition coefficient (Wildman–Crippen LogP) is 2.23. The standard InChI is InChI=1S/C15H15FN2O2/c1-15(8-17)12(9-3-5-10(16)6-4-9)7-11(13(15)18)14(19)20-2/h3-6,12H,7,18H2,1-2H3/t12-,15-/m1/s1. The lowest BCUT2D eigenvalue weighted by molar-refractivity contribution is -0.136. The van der Waals surface area contributed by atoms with Crippen LogP contribution in [-0.4, -0.2) is 13.1 Å². The van der Waals surface area contributed by atoms with Crippen LogP contribution in [-0.2, 0) is 9.53 Å². The van der Waals surface area contributed by atoms with Crippen LogP contribution in [0.3, 0.4) is 0 Å². The predicted molar refractivity (Wildman–Crippen MR) is 70.7 cm³/mol. The highest BCUT2D eigenvalue weighted by atomic mass is 19.1. The van der Waals surface area contributed by atoms with Gasteiger partial charge >= 0.3 is 5.97 Å². The number of carbonyl (C=O) groups is 1. The maximum atomic E-state index is 13.0. The number of halogens is 1. The number of rotatable bonds is 2. The molecule has 2 rings (SSSR count). The molecule has 20 heavy (non-hydrogen) atoms. The van der Waals surface area contributed by atoms with Gasteiger partial charge in [0.1, 0.15) is 11.2 Å². The molecule has 0 saturated heterocycles. The number of carbonyl (C=O) groups excluding carboxylic acids is 1. The van der Waals surface area contributed by atoms with Crippen LogP contribution in [0.2, 0.25) is 0 Å². The van der Waals surface area contributed by atoms with Gasteiger partial charge in [-0.2, -0.15) is 5.26 Å². The van der Waals surface area contributed by atoms with Crippen LogP contribution in [0.5, 0.6) is 0 Å². The zero-order valence-electron chi connectivity index (χ0n) is 11.3. The highest BCUT2D eigenvalue weighted by molar-refractivity contribution is 5.90. The van der Waals surface area contributed by atoms with Crippen LogP contribution in [0.25, 0.3) is 0 Å². The molecule has 0 heterocycles. The highest BCUT2D eigenvalue weighted by Crippen LogP contribution is 2.50. The van der Waals surface area contributed by atoms with Crippen molar-refractivity contribution in [3.05, 3.63) is 46.9 Å². The monoisotopic (exact) mass is 274 g/mol. The average Bonchev–Trinajstić information content (AvgIpc) is 2.73. The molecule has 1 aromatic rings. The number of benzene rings is 1. The van der Waals surface area contributed by atoms with Gasteiger partial charge < -0.3 is 10.5 Å².